The van der Waals surface area contributed by atoms with Crippen LogP contribution in [-0.2, 0) is 17.1 Å². The number of halogens is 1. The van der Waals surface area contributed by atoms with Crippen LogP contribution in [0.1, 0.15) is 23.3 Å². The van der Waals surface area contributed by atoms with Gasteiger partial charge in [0.25, 0.3) is 5.91 Å². The molecular formula is C13H23ClN4O3S. The first-order valence-electron chi connectivity index (χ1n) is 7.03. The lowest BCUT2D eigenvalue weighted by atomic mass is 10.1. The van der Waals surface area contributed by atoms with E-state index in [1.807, 2.05) is 0 Å². The van der Waals surface area contributed by atoms with Gasteiger partial charge in [0.15, 0.2) is 0 Å². The van der Waals surface area contributed by atoms with Crippen LogP contribution in [0.25, 0.3) is 0 Å². The number of aryl methyl sites for hydroxylation is 1. The van der Waals surface area contributed by atoms with Crippen molar-refractivity contribution in [2.45, 2.75) is 17.7 Å². The first kappa shape index (κ1) is 19.0. The molecule has 1 atom stereocenters. The molecule has 126 valence electrons. The molecule has 1 aliphatic heterocycles. The second-order valence-corrected chi connectivity index (χ2v) is 7.06. The molecule has 1 aromatic heterocycles. The minimum absolute atomic E-state index is 0. The Morgan fingerprint density at radius 2 is 2.23 bits per heavy atom. The number of amides is 1. The number of carbonyl (C=O) groups is 1. The van der Waals surface area contributed by atoms with Crippen molar-refractivity contribution in [1.29, 1.82) is 0 Å². The van der Waals surface area contributed by atoms with E-state index < -0.39 is 10.0 Å². The van der Waals surface area contributed by atoms with Gasteiger partial charge in [-0.1, -0.05) is 0 Å². The zero-order valence-corrected chi connectivity index (χ0v) is 14.4. The molecule has 9 heteroatoms. The van der Waals surface area contributed by atoms with E-state index in [1.54, 1.807) is 7.05 Å². The highest BCUT2D eigenvalue weighted by atomic mass is 35.5. The third-order valence-electron chi connectivity index (χ3n) is 3.76. The van der Waals surface area contributed by atoms with E-state index >= 15 is 0 Å². The molecule has 0 aliphatic carbocycles. The van der Waals surface area contributed by atoms with Crippen molar-refractivity contribution in [2.24, 2.45) is 13.0 Å². The average Bonchev–Trinajstić information content (AvgIpc) is 3.07. The van der Waals surface area contributed by atoms with Gasteiger partial charge in [0.1, 0.15) is 10.6 Å². The Morgan fingerprint density at radius 1 is 1.50 bits per heavy atom. The Morgan fingerprint density at radius 3 is 2.82 bits per heavy atom. The normalized spacial score (nSPS) is 18.0. The number of sulfonamides is 1. The van der Waals surface area contributed by atoms with Gasteiger partial charge < -0.3 is 15.2 Å². The number of aromatic nitrogens is 1. The monoisotopic (exact) mass is 350 g/mol. The van der Waals surface area contributed by atoms with E-state index in [-0.39, 0.29) is 23.2 Å². The van der Waals surface area contributed by atoms with Gasteiger partial charge in [-0.25, -0.2) is 13.1 Å². The molecule has 2 heterocycles. The van der Waals surface area contributed by atoms with E-state index in [1.165, 1.54) is 23.9 Å². The summed E-state index contributed by atoms with van der Waals surface area (Å²) in [4.78, 5) is 11.7. The van der Waals surface area contributed by atoms with E-state index in [0.717, 1.165) is 25.9 Å². The van der Waals surface area contributed by atoms with E-state index in [9.17, 15) is 13.2 Å². The minimum Gasteiger partial charge on any atom is -0.354 e. The number of rotatable bonds is 6. The lowest BCUT2D eigenvalue weighted by Gasteiger charge is -2.09. The number of nitrogens with one attached hydrogen (secondary N) is 3. The third-order valence-corrected chi connectivity index (χ3v) is 5.18. The lowest BCUT2D eigenvalue weighted by Crippen LogP contribution is -2.26. The molecule has 1 aromatic rings. The fourth-order valence-corrected chi connectivity index (χ4v) is 3.59. The summed E-state index contributed by atoms with van der Waals surface area (Å²) in [6.07, 6.45) is 3.36. The quantitative estimate of drug-likeness (QED) is 0.677. The van der Waals surface area contributed by atoms with Crippen LogP contribution in [0.15, 0.2) is 17.2 Å². The second-order valence-electron chi connectivity index (χ2n) is 5.30. The van der Waals surface area contributed by atoms with Crippen LogP contribution in [0, 0.1) is 5.92 Å². The number of hydrogen-bond donors (Lipinski definition) is 3. The predicted octanol–water partition coefficient (Wildman–Crippen LogP) is 0.0844. The Balaban J connectivity index is 0.00000242. The Bertz CT molecular complexity index is 609. The summed E-state index contributed by atoms with van der Waals surface area (Å²) in [7, 11) is -0.409. The smallest absolute Gasteiger partial charge is 0.267 e. The molecule has 3 N–H and O–H groups in total. The molecule has 0 radical (unpaired) electrons. The topological polar surface area (TPSA) is 92.2 Å². The largest absolute Gasteiger partial charge is 0.354 e. The summed E-state index contributed by atoms with van der Waals surface area (Å²) in [5.74, 6) is 0.223. The van der Waals surface area contributed by atoms with Gasteiger partial charge in [-0.15, -0.1) is 12.4 Å². The van der Waals surface area contributed by atoms with Gasteiger partial charge in [-0.05, 0) is 37.9 Å². The fourth-order valence-electron chi connectivity index (χ4n) is 2.48. The van der Waals surface area contributed by atoms with Crippen molar-refractivity contribution in [2.75, 3.05) is 26.7 Å². The van der Waals surface area contributed by atoms with Crippen LogP contribution in [-0.4, -0.2) is 45.6 Å². The molecule has 22 heavy (non-hydrogen) atoms. The van der Waals surface area contributed by atoms with Crippen molar-refractivity contribution in [3.05, 3.63) is 18.0 Å². The van der Waals surface area contributed by atoms with Crippen LogP contribution >= 0.6 is 12.4 Å². The van der Waals surface area contributed by atoms with Gasteiger partial charge in [0.05, 0.1) is 0 Å². The van der Waals surface area contributed by atoms with Gasteiger partial charge in [-0.2, -0.15) is 0 Å². The van der Waals surface area contributed by atoms with E-state index in [2.05, 4.69) is 15.4 Å². The van der Waals surface area contributed by atoms with Gasteiger partial charge >= 0.3 is 0 Å². The predicted molar refractivity (Wildman–Crippen MR) is 86.8 cm³/mol. The molecule has 0 saturated carbocycles. The summed E-state index contributed by atoms with van der Waals surface area (Å²) in [5, 5.41) is 5.74. The summed E-state index contributed by atoms with van der Waals surface area (Å²) in [6.45, 7) is 2.37. The first-order valence-corrected chi connectivity index (χ1v) is 8.51. The maximum atomic E-state index is 12.2. The molecule has 1 saturated heterocycles. The van der Waals surface area contributed by atoms with Gasteiger partial charge in [0, 0.05) is 26.8 Å². The molecule has 1 unspecified atom stereocenters. The zero-order valence-electron chi connectivity index (χ0n) is 12.8. The maximum absolute atomic E-state index is 12.2. The van der Waals surface area contributed by atoms with Crippen molar-refractivity contribution >= 4 is 28.3 Å². The van der Waals surface area contributed by atoms with Crippen molar-refractivity contribution in [3.8, 4) is 0 Å². The molecule has 2 rings (SSSR count). The minimum atomic E-state index is -3.57. The summed E-state index contributed by atoms with van der Waals surface area (Å²) < 4.78 is 28.5. The second kappa shape index (κ2) is 7.96. The van der Waals surface area contributed by atoms with Gasteiger partial charge in [-0.3, -0.25) is 4.79 Å². The van der Waals surface area contributed by atoms with E-state index in [4.69, 9.17) is 0 Å². The molecule has 1 fully saturated rings. The number of hydrogen-bond acceptors (Lipinski definition) is 4. The highest BCUT2D eigenvalue weighted by Gasteiger charge is 2.21. The standard InChI is InChI=1S/C13H22N4O3S.ClH/c1-14-13(18)12-7-11(9-17(12)2)21(19,20)16-6-4-10-3-5-15-8-10;/h7,9-10,15-16H,3-6,8H2,1-2H3,(H,14,18);1H. The highest BCUT2D eigenvalue weighted by molar-refractivity contribution is 7.89. The molecule has 0 spiro atoms. The average molecular weight is 351 g/mol. The van der Waals surface area contributed by atoms with Crippen molar-refractivity contribution < 1.29 is 13.2 Å². The molecular weight excluding hydrogens is 328 g/mol. The molecule has 0 aromatic carbocycles. The lowest BCUT2D eigenvalue weighted by molar-refractivity contribution is 0.0955. The zero-order chi connectivity index (χ0) is 15.5. The molecule has 0 bridgehead atoms. The molecule has 1 amide bonds. The summed E-state index contributed by atoms with van der Waals surface area (Å²) >= 11 is 0. The number of carbonyl (C=O) groups excluding carboxylic acids is 1. The van der Waals surface area contributed by atoms with Crippen LogP contribution < -0.4 is 15.4 Å². The van der Waals surface area contributed by atoms with Crippen molar-refractivity contribution in [1.82, 2.24) is 19.9 Å². The Hall–Kier alpha value is -1.09. The molecule has 1 aliphatic rings. The highest BCUT2D eigenvalue weighted by Crippen LogP contribution is 2.15. The molecule has 7 nitrogen and oxygen atoms in total. The van der Waals surface area contributed by atoms with Gasteiger partial charge in [0.2, 0.25) is 10.0 Å². The van der Waals surface area contributed by atoms with Crippen LogP contribution in [0.4, 0.5) is 0 Å². The number of nitrogens with zero attached hydrogens (tertiary/aromatic N) is 1. The maximum Gasteiger partial charge on any atom is 0.267 e. The first-order chi connectivity index (χ1) is 9.94. The summed E-state index contributed by atoms with van der Waals surface area (Å²) in [5.41, 5.74) is 0.317. The van der Waals surface area contributed by atoms with Crippen LogP contribution in [0.5, 0.6) is 0 Å². The SMILES string of the molecule is CNC(=O)c1cc(S(=O)(=O)NCCC2CCNC2)cn1C.Cl. The van der Waals surface area contributed by atoms with Crippen LogP contribution in [0.3, 0.4) is 0 Å². The third kappa shape index (κ3) is 4.45. The summed E-state index contributed by atoms with van der Waals surface area (Å²) in [6, 6.07) is 1.39. The Labute approximate surface area is 137 Å². The van der Waals surface area contributed by atoms with Crippen LogP contribution in [0.2, 0.25) is 0 Å². The Kier molecular flexibility index (Phi) is 6.86. The van der Waals surface area contributed by atoms with E-state index in [0.29, 0.717) is 18.2 Å². The van der Waals surface area contributed by atoms with Crippen molar-refractivity contribution in [3.63, 3.8) is 0 Å². The fraction of sp³-hybridized carbons (Fsp3) is 0.615.